The van der Waals surface area contributed by atoms with Crippen LogP contribution in [0.3, 0.4) is 0 Å². The summed E-state index contributed by atoms with van der Waals surface area (Å²) in [5, 5.41) is 0. The summed E-state index contributed by atoms with van der Waals surface area (Å²) in [7, 11) is -3.02. The van der Waals surface area contributed by atoms with Gasteiger partial charge in [0.25, 0.3) is 0 Å². The van der Waals surface area contributed by atoms with Crippen molar-refractivity contribution in [1.29, 1.82) is 0 Å². The molecule has 0 atom stereocenters. The third-order valence-corrected chi connectivity index (χ3v) is 4.97. The van der Waals surface area contributed by atoms with Gasteiger partial charge in [0, 0.05) is 13.1 Å². The first-order valence-electron chi connectivity index (χ1n) is 6.59. The Hall–Kier alpha value is -0.130. The molecule has 0 aromatic heterocycles. The molecule has 5 heteroatoms. The summed E-state index contributed by atoms with van der Waals surface area (Å²) in [6, 6.07) is 0. The minimum absolute atomic E-state index is 0.225. The van der Waals surface area contributed by atoms with Crippen molar-refractivity contribution in [1.82, 2.24) is 4.31 Å². The molecule has 1 fully saturated rings. The number of hydrogen-bond donors (Lipinski definition) is 0. The zero-order valence-electron chi connectivity index (χ0n) is 11.2. The molecule has 102 valence electrons. The van der Waals surface area contributed by atoms with Crippen LogP contribution in [0, 0.1) is 0 Å². The van der Waals surface area contributed by atoms with Crippen LogP contribution in [0.25, 0.3) is 0 Å². The van der Waals surface area contributed by atoms with Crippen LogP contribution in [-0.2, 0) is 14.8 Å². The lowest BCUT2D eigenvalue weighted by Crippen LogP contribution is -2.42. The molecule has 0 aliphatic carbocycles. The Morgan fingerprint density at radius 1 is 1.29 bits per heavy atom. The largest absolute Gasteiger partial charge is 0.375 e. The Labute approximate surface area is 105 Å². The zero-order valence-corrected chi connectivity index (χ0v) is 12.0. The molecule has 1 aliphatic rings. The summed E-state index contributed by atoms with van der Waals surface area (Å²) in [5.41, 5.74) is 0. The van der Waals surface area contributed by atoms with Gasteiger partial charge in [0.15, 0.2) is 0 Å². The van der Waals surface area contributed by atoms with Gasteiger partial charge in [0.05, 0.1) is 18.0 Å². The average molecular weight is 263 g/mol. The normalized spacial score (nSPS) is 20.0. The minimum Gasteiger partial charge on any atom is -0.375 e. The minimum atomic E-state index is -3.02. The van der Waals surface area contributed by atoms with Gasteiger partial charge in [-0.3, -0.25) is 0 Å². The molecule has 0 radical (unpaired) electrons. The van der Waals surface area contributed by atoms with E-state index in [9.17, 15) is 8.42 Å². The molecule has 17 heavy (non-hydrogen) atoms. The third kappa shape index (κ3) is 4.94. The second kappa shape index (κ2) is 6.71. The highest BCUT2D eigenvalue weighted by Crippen LogP contribution is 2.18. The first-order valence-corrected chi connectivity index (χ1v) is 8.20. The van der Waals surface area contributed by atoms with E-state index in [1.165, 1.54) is 0 Å². The maximum Gasteiger partial charge on any atom is 0.214 e. The highest BCUT2D eigenvalue weighted by atomic mass is 32.2. The maximum absolute atomic E-state index is 12.0. The molecule has 0 aromatic rings. The van der Waals surface area contributed by atoms with Crippen LogP contribution < -0.4 is 0 Å². The van der Waals surface area contributed by atoms with E-state index in [4.69, 9.17) is 4.74 Å². The van der Waals surface area contributed by atoms with Gasteiger partial charge in [-0.2, -0.15) is 0 Å². The summed E-state index contributed by atoms with van der Waals surface area (Å²) in [6.07, 6.45) is 3.78. The molecule has 1 saturated heterocycles. The monoisotopic (exact) mass is 263 g/mol. The van der Waals surface area contributed by atoms with E-state index < -0.39 is 10.0 Å². The van der Waals surface area contributed by atoms with Crippen molar-refractivity contribution in [3.8, 4) is 0 Å². The second-order valence-corrected chi connectivity index (χ2v) is 7.04. The molecule has 0 amide bonds. The Balaban J connectivity index is 2.40. The number of sulfonamides is 1. The fraction of sp³-hybridized carbons (Fsp3) is 1.00. The van der Waals surface area contributed by atoms with Crippen molar-refractivity contribution < 1.29 is 13.2 Å². The molecule has 1 aliphatic heterocycles. The van der Waals surface area contributed by atoms with E-state index in [1.807, 2.05) is 20.8 Å². The molecular formula is C12H25NO3S. The summed E-state index contributed by atoms with van der Waals surface area (Å²) in [5.74, 6) is 0.291. The summed E-state index contributed by atoms with van der Waals surface area (Å²) in [6.45, 7) is 7.28. The van der Waals surface area contributed by atoms with Crippen LogP contribution in [0.5, 0.6) is 0 Å². The van der Waals surface area contributed by atoms with Crippen LogP contribution in [0.15, 0.2) is 0 Å². The topological polar surface area (TPSA) is 46.6 Å². The van der Waals surface area contributed by atoms with Gasteiger partial charge in [-0.1, -0.05) is 13.3 Å². The molecule has 0 saturated carbocycles. The molecule has 1 heterocycles. The van der Waals surface area contributed by atoms with Crippen molar-refractivity contribution in [2.45, 2.75) is 58.7 Å². The van der Waals surface area contributed by atoms with Gasteiger partial charge < -0.3 is 4.74 Å². The second-order valence-electron chi connectivity index (χ2n) is 4.95. The van der Waals surface area contributed by atoms with Crippen molar-refractivity contribution in [3.05, 3.63) is 0 Å². The number of ether oxygens (including phenoxy) is 1. The quantitative estimate of drug-likeness (QED) is 0.736. The van der Waals surface area contributed by atoms with Crippen LogP contribution in [0.2, 0.25) is 0 Å². The number of piperidine rings is 1. The van der Waals surface area contributed by atoms with Gasteiger partial charge in [-0.25, -0.2) is 12.7 Å². The lowest BCUT2D eigenvalue weighted by Gasteiger charge is -2.32. The number of rotatable bonds is 6. The Morgan fingerprint density at radius 2 is 1.88 bits per heavy atom. The molecular weight excluding hydrogens is 238 g/mol. The predicted molar refractivity (Wildman–Crippen MR) is 69.5 cm³/mol. The fourth-order valence-corrected chi connectivity index (χ4v) is 3.77. The van der Waals surface area contributed by atoms with Gasteiger partial charge >= 0.3 is 0 Å². The van der Waals surface area contributed by atoms with E-state index >= 15 is 0 Å². The van der Waals surface area contributed by atoms with E-state index in [0.29, 0.717) is 18.8 Å². The van der Waals surface area contributed by atoms with Crippen LogP contribution >= 0.6 is 0 Å². The molecule has 1 rings (SSSR count). The van der Waals surface area contributed by atoms with Crippen LogP contribution in [0.4, 0.5) is 0 Å². The Morgan fingerprint density at radius 3 is 2.35 bits per heavy atom. The highest BCUT2D eigenvalue weighted by molar-refractivity contribution is 7.89. The van der Waals surface area contributed by atoms with E-state index in [1.54, 1.807) is 4.31 Å². The smallest absolute Gasteiger partial charge is 0.214 e. The summed E-state index contributed by atoms with van der Waals surface area (Å²) >= 11 is 0. The molecule has 4 nitrogen and oxygen atoms in total. The first-order chi connectivity index (χ1) is 7.95. The zero-order chi connectivity index (χ0) is 12.9. The van der Waals surface area contributed by atoms with Gasteiger partial charge in [0.2, 0.25) is 10.0 Å². The molecule has 0 unspecified atom stereocenters. The van der Waals surface area contributed by atoms with Crippen molar-refractivity contribution in [3.63, 3.8) is 0 Å². The number of nitrogens with zero attached hydrogens (tertiary/aromatic N) is 1. The van der Waals surface area contributed by atoms with Gasteiger partial charge in [-0.05, 0) is 33.1 Å². The molecule has 0 N–H and O–H groups in total. The molecule has 0 aromatic carbocycles. The Kier molecular flexibility index (Phi) is 5.89. The third-order valence-electron chi connectivity index (χ3n) is 3.01. The van der Waals surface area contributed by atoms with Crippen LogP contribution in [-0.4, -0.2) is 43.8 Å². The highest BCUT2D eigenvalue weighted by Gasteiger charge is 2.27. The standard InChI is InChI=1S/C12H25NO3S/c1-4-5-10-17(14,15)13-8-6-12(7-9-13)16-11(2)3/h11-12H,4-10H2,1-3H3. The molecule has 0 bridgehead atoms. The van der Waals surface area contributed by atoms with Gasteiger partial charge in [-0.15, -0.1) is 0 Å². The molecule has 0 spiro atoms. The Bertz CT molecular complexity index is 306. The maximum atomic E-state index is 12.0. The lowest BCUT2D eigenvalue weighted by atomic mass is 10.1. The van der Waals surface area contributed by atoms with E-state index in [2.05, 4.69) is 0 Å². The SMILES string of the molecule is CCCCS(=O)(=O)N1CCC(OC(C)C)CC1. The number of hydrogen-bond acceptors (Lipinski definition) is 3. The summed E-state index contributed by atoms with van der Waals surface area (Å²) < 4.78 is 31.3. The van der Waals surface area contributed by atoms with Crippen molar-refractivity contribution in [2.75, 3.05) is 18.8 Å². The first kappa shape index (κ1) is 14.9. The van der Waals surface area contributed by atoms with Crippen LogP contribution in [0.1, 0.15) is 46.5 Å². The number of unbranched alkanes of at least 4 members (excludes halogenated alkanes) is 1. The van der Waals surface area contributed by atoms with Gasteiger partial charge in [0.1, 0.15) is 0 Å². The fourth-order valence-electron chi connectivity index (χ4n) is 2.09. The average Bonchev–Trinajstić information content (AvgIpc) is 2.26. The lowest BCUT2D eigenvalue weighted by molar-refractivity contribution is -0.0168. The van der Waals surface area contributed by atoms with Crippen molar-refractivity contribution in [2.24, 2.45) is 0 Å². The predicted octanol–water partition coefficient (Wildman–Crippen LogP) is 2.01. The summed E-state index contributed by atoms with van der Waals surface area (Å²) in [4.78, 5) is 0. The van der Waals surface area contributed by atoms with E-state index in [-0.39, 0.29) is 12.2 Å². The van der Waals surface area contributed by atoms with Crippen molar-refractivity contribution >= 4 is 10.0 Å². The van der Waals surface area contributed by atoms with E-state index in [0.717, 1.165) is 25.7 Å².